The molecular weight excluding hydrogens is 367 g/mol. The van der Waals surface area contributed by atoms with Gasteiger partial charge in [0, 0.05) is 25.6 Å². The molecule has 0 aliphatic carbocycles. The van der Waals surface area contributed by atoms with E-state index in [4.69, 9.17) is 0 Å². The summed E-state index contributed by atoms with van der Waals surface area (Å²) in [5.74, 6) is -2.75. The molecule has 7 heteroatoms. The van der Waals surface area contributed by atoms with Gasteiger partial charge in [0.05, 0.1) is 18.0 Å². The summed E-state index contributed by atoms with van der Waals surface area (Å²) in [6, 6.07) is 22.0. The molecule has 1 aliphatic rings. The second-order valence-corrected chi connectivity index (χ2v) is 6.88. The van der Waals surface area contributed by atoms with Crippen molar-refractivity contribution in [3.63, 3.8) is 0 Å². The van der Waals surface area contributed by atoms with E-state index < -0.39 is 18.0 Å². The third-order valence-electron chi connectivity index (χ3n) is 5.01. The van der Waals surface area contributed by atoms with Gasteiger partial charge in [-0.25, -0.2) is 0 Å². The number of amides is 1. The zero-order chi connectivity index (χ0) is 20.1. The number of nitriles is 1. The van der Waals surface area contributed by atoms with Gasteiger partial charge in [0.1, 0.15) is 0 Å². The molecule has 1 atom stereocenters. The lowest BCUT2D eigenvalue weighted by molar-refractivity contribution is -0.173. The predicted molar refractivity (Wildman–Crippen MR) is 98.0 cm³/mol. The number of hydrogen-bond donors (Lipinski definition) is 1. The van der Waals surface area contributed by atoms with Crippen molar-refractivity contribution in [1.82, 2.24) is 10.2 Å². The minimum atomic E-state index is -4.93. The fourth-order valence-electron chi connectivity index (χ4n) is 3.52. The second-order valence-electron chi connectivity index (χ2n) is 6.88. The van der Waals surface area contributed by atoms with Crippen LogP contribution in [0.1, 0.15) is 17.2 Å². The Hall–Kier alpha value is -2.85. The van der Waals surface area contributed by atoms with E-state index in [2.05, 4.69) is 4.90 Å². The van der Waals surface area contributed by atoms with Gasteiger partial charge in [-0.15, -0.1) is 0 Å². The van der Waals surface area contributed by atoms with Crippen LogP contribution in [0.25, 0.3) is 0 Å². The standard InChI is InChI=1S/C21H20F3N3O/c22-21(23,24)20(28)26-12-17(11-25)18-13-27(14-18)19(15-7-3-1-4-8-15)16-9-5-2-6-10-16/h1-10,17-19H,12-14H2,(H,26,28). The molecule has 0 aromatic heterocycles. The van der Waals surface area contributed by atoms with E-state index in [1.165, 1.54) is 0 Å². The van der Waals surface area contributed by atoms with Crippen molar-refractivity contribution >= 4 is 5.91 Å². The van der Waals surface area contributed by atoms with Crippen LogP contribution in [0, 0.1) is 23.2 Å². The normalized spacial score (nSPS) is 16.2. The van der Waals surface area contributed by atoms with E-state index in [-0.39, 0.29) is 18.5 Å². The first-order chi connectivity index (χ1) is 13.4. The molecule has 146 valence electrons. The highest BCUT2D eigenvalue weighted by molar-refractivity contribution is 5.81. The Morgan fingerprint density at radius 2 is 1.57 bits per heavy atom. The summed E-state index contributed by atoms with van der Waals surface area (Å²) in [5, 5.41) is 11.2. The summed E-state index contributed by atoms with van der Waals surface area (Å²) in [6.45, 7) is 0.859. The number of rotatable bonds is 6. The quantitative estimate of drug-likeness (QED) is 0.825. The van der Waals surface area contributed by atoms with Crippen LogP contribution in [0.3, 0.4) is 0 Å². The van der Waals surface area contributed by atoms with Gasteiger partial charge in [-0.3, -0.25) is 9.69 Å². The van der Waals surface area contributed by atoms with Gasteiger partial charge in [0.25, 0.3) is 0 Å². The van der Waals surface area contributed by atoms with Gasteiger partial charge in [0.2, 0.25) is 0 Å². The maximum atomic E-state index is 12.3. The van der Waals surface area contributed by atoms with Gasteiger partial charge < -0.3 is 5.32 Å². The van der Waals surface area contributed by atoms with Gasteiger partial charge in [0.15, 0.2) is 0 Å². The molecule has 0 bridgehead atoms. The Morgan fingerprint density at radius 3 is 2.00 bits per heavy atom. The van der Waals surface area contributed by atoms with E-state index in [0.717, 1.165) is 11.1 Å². The summed E-state index contributed by atoms with van der Waals surface area (Å²) < 4.78 is 37.0. The Labute approximate surface area is 161 Å². The fourth-order valence-corrected chi connectivity index (χ4v) is 3.52. The molecule has 1 heterocycles. The number of carbonyl (C=O) groups excluding carboxylic acids is 1. The minimum absolute atomic E-state index is 0.0164. The Bertz CT molecular complexity index is 788. The molecule has 0 saturated carbocycles. The van der Waals surface area contributed by atoms with Crippen molar-refractivity contribution in [2.45, 2.75) is 12.2 Å². The minimum Gasteiger partial charge on any atom is -0.347 e. The molecule has 1 aliphatic heterocycles. The largest absolute Gasteiger partial charge is 0.471 e. The average molecular weight is 387 g/mol. The Balaban J connectivity index is 1.67. The first-order valence-corrected chi connectivity index (χ1v) is 8.98. The zero-order valence-corrected chi connectivity index (χ0v) is 15.1. The number of nitrogens with one attached hydrogen (secondary N) is 1. The molecule has 28 heavy (non-hydrogen) atoms. The molecule has 2 aromatic carbocycles. The van der Waals surface area contributed by atoms with E-state index in [9.17, 15) is 23.2 Å². The third kappa shape index (κ3) is 4.52. The van der Waals surface area contributed by atoms with Crippen LogP contribution in [-0.4, -0.2) is 36.6 Å². The summed E-state index contributed by atoms with van der Waals surface area (Å²) in [4.78, 5) is 13.2. The van der Waals surface area contributed by atoms with Crippen molar-refractivity contribution in [2.75, 3.05) is 19.6 Å². The maximum absolute atomic E-state index is 12.3. The number of carbonyl (C=O) groups is 1. The van der Waals surface area contributed by atoms with E-state index in [1.807, 2.05) is 72.0 Å². The summed E-state index contributed by atoms with van der Waals surface area (Å²) in [5.41, 5.74) is 2.23. The first-order valence-electron chi connectivity index (χ1n) is 8.98. The molecule has 1 N–H and O–H groups in total. The van der Waals surface area contributed by atoms with Crippen LogP contribution >= 0.6 is 0 Å². The van der Waals surface area contributed by atoms with Gasteiger partial charge in [-0.05, 0) is 11.1 Å². The van der Waals surface area contributed by atoms with Crippen molar-refractivity contribution in [2.24, 2.45) is 11.8 Å². The average Bonchev–Trinajstić information content (AvgIpc) is 2.66. The molecule has 4 nitrogen and oxygen atoms in total. The van der Waals surface area contributed by atoms with Crippen molar-refractivity contribution < 1.29 is 18.0 Å². The monoisotopic (exact) mass is 387 g/mol. The highest BCUT2D eigenvalue weighted by atomic mass is 19.4. The first kappa shape index (κ1) is 19.9. The van der Waals surface area contributed by atoms with Gasteiger partial charge in [-0.2, -0.15) is 18.4 Å². The van der Waals surface area contributed by atoms with Gasteiger partial charge in [-0.1, -0.05) is 60.7 Å². The molecule has 3 rings (SSSR count). The van der Waals surface area contributed by atoms with Crippen molar-refractivity contribution in [1.29, 1.82) is 5.26 Å². The molecule has 0 spiro atoms. The number of benzene rings is 2. The highest BCUT2D eigenvalue weighted by Gasteiger charge is 2.41. The van der Waals surface area contributed by atoms with Crippen molar-refractivity contribution in [3.8, 4) is 6.07 Å². The summed E-state index contributed by atoms with van der Waals surface area (Å²) in [7, 11) is 0. The lowest BCUT2D eigenvalue weighted by Gasteiger charge is -2.46. The lowest BCUT2D eigenvalue weighted by Crippen LogP contribution is -2.53. The highest BCUT2D eigenvalue weighted by Crippen LogP contribution is 2.36. The van der Waals surface area contributed by atoms with Crippen LogP contribution < -0.4 is 5.32 Å². The number of likely N-dealkylation sites (tertiary alicyclic amines) is 1. The van der Waals surface area contributed by atoms with Crippen LogP contribution in [0.4, 0.5) is 13.2 Å². The number of nitrogens with zero attached hydrogens (tertiary/aromatic N) is 2. The lowest BCUT2D eigenvalue weighted by atomic mass is 9.83. The van der Waals surface area contributed by atoms with E-state index >= 15 is 0 Å². The third-order valence-corrected chi connectivity index (χ3v) is 5.01. The molecule has 1 unspecified atom stereocenters. The van der Waals surface area contributed by atoms with Crippen LogP contribution in [0.2, 0.25) is 0 Å². The Morgan fingerprint density at radius 1 is 1.07 bits per heavy atom. The number of alkyl halides is 3. The van der Waals surface area contributed by atoms with E-state index in [1.54, 1.807) is 0 Å². The second kappa shape index (κ2) is 8.44. The summed E-state index contributed by atoms with van der Waals surface area (Å²) in [6.07, 6.45) is -4.93. The SMILES string of the molecule is N#CC(CNC(=O)C(F)(F)F)C1CN(C(c2ccccc2)c2ccccc2)C1. The van der Waals surface area contributed by atoms with Gasteiger partial charge >= 0.3 is 12.1 Å². The predicted octanol–water partition coefficient (Wildman–Crippen LogP) is 3.53. The molecule has 2 aromatic rings. The van der Waals surface area contributed by atoms with Crippen LogP contribution in [-0.2, 0) is 4.79 Å². The number of hydrogen-bond acceptors (Lipinski definition) is 3. The van der Waals surface area contributed by atoms with E-state index in [0.29, 0.717) is 13.1 Å². The topological polar surface area (TPSA) is 56.1 Å². The smallest absolute Gasteiger partial charge is 0.347 e. The molecule has 1 fully saturated rings. The number of halogens is 3. The molecule has 1 saturated heterocycles. The fraction of sp³-hybridized carbons (Fsp3) is 0.333. The van der Waals surface area contributed by atoms with Crippen LogP contribution in [0.5, 0.6) is 0 Å². The molecule has 1 amide bonds. The van der Waals surface area contributed by atoms with Crippen molar-refractivity contribution in [3.05, 3.63) is 71.8 Å². The maximum Gasteiger partial charge on any atom is 0.471 e. The zero-order valence-electron chi connectivity index (χ0n) is 15.1. The molecular formula is C21H20F3N3O. The Kier molecular flexibility index (Phi) is 6.00. The van der Waals surface area contributed by atoms with Crippen LogP contribution in [0.15, 0.2) is 60.7 Å². The summed E-state index contributed by atoms with van der Waals surface area (Å²) >= 11 is 0. The molecule has 0 radical (unpaired) electrons.